The maximum atomic E-state index is 11.7. The van der Waals surface area contributed by atoms with Crippen molar-refractivity contribution >= 4 is 11.8 Å². The molecule has 1 N–H and O–H groups in total. The third-order valence-electron chi connectivity index (χ3n) is 2.47. The van der Waals surface area contributed by atoms with Crippen LogP contribution in [-0.2, 0) is 0 Å². The van der Waals surface area contributed by atoms with Crippen LogP contribution >= 0.6 is 0 Å². The Balaban J connectivity index is 2.29. The van der Waals surface area contributed by atoms with Crippen LogP contribution in [0.25, 0.3) is 0 Å². The number of nitrogens with zero attached hydrogens (tertiary/aromatic N) is 1. The first-order chi connectivity index (χ1) is 8.13. The maximum Gasteiger partial charge on any atom is 0.293 e. The molecular formula is C12H10N2O3. The molecule has 2 aromatic heterocycles. The predicted octanol–water partition coefficient (Wildman–Crippen LogP) is 2.61. The summed E-state index contributed by atoms with van der Waals surface area (Å²) in [7, 11) is 0. The van der Waals surface area contributed by atoms with Gasteiger partial charge in [-0.3, -0.25) is 10.1 Å². The molecule has 0 spiro atoms. The van der Waals surface area contributed by atoms with Gasteiger partial charge in [0.15, 0.2) is 5.76 Å². The second-order valence-corrected chi connectivity index (χ2v) is 3.53. The van der Waals surface area contributed by atoms with E-state index in [9.17, 15) is 4.79 Å². The number of aryl methyl sites for hydroxylation is 1. The SMILES string of the molecule is Cc1oc(NC(=O)c2ccco2)c(C#N)c1C. The van der Waals surface area contributed by atoms with Crippen LogP contribution in [0.4, 0.5) is 5.88 Å². The number of carbonyl (C=O) groups is 1. The summed E-state index contributed by atoms with van der Waals surface area (Å²) >= 11 is 0. The lowest BCUT2D eigenvalue weighted by molar-refractivity contribution is 0.0994. The minimum Gasteiger partial charge on any atom is -0.459 e. The minimum absolute atomic E-state index is 0.156. The van der Waals surface area contributed by atoms with Crippen molar-refractivity contribution in [3.8, 4) is 6.07 Å². The Kier molecular flexibility index (Phi) is 2.71. The first-order valence-corrected chi connectivity index (χ1v) is 4.98. The van der Waals surface area contributed by atoms with Crippen molar-refractivity contribution in [1.82, 2.24) is 0 Å². The second kappa shape index (κ2) is 4.18. The summed E-state index contributed by atoms with van der Waals surface area (Å²) in [6, 6.07) is 5.14. The van der Waals surface area contributed by atoms with Crippen molar-refractivity contribution in [2.75, 3.05) is 5.32 Å². The summed E-state index contributed by atoms with van der Waals surface area (Å²) in [5.74, 6) is 0.487. The van der Waals surface area contributed by atoms with Crippen LogP contribution in [0.2, 0.25) is 0 Å². The minimum atomic E-state index is -0.444. The van der Waals surface area contributed by atoms with Crippen LogP contribution in [0.1, 0.15) is 27.4 Å². The second-order valence-electron chi connectivity index (χ2n) is 3.53. The van der Waals surface area contributed by atoms with Crippen molar-refractivity contribution in [3.63, 3.8) is 0 Å². The van der Waals surface area contributed by atoms with E-state index in [0.29, 0.717) is 11.3 Å². The molecular weight excluding hydrogens is 220 g/mol. The van der Waals surface area contributed by atoms with Gasteiger partial charge in [-0.05, 0) is 26.0 Å². The largest absolute Gasteiger partial charge is 0.459 e. The number of furan rings is 2. The van der Waals surface area contributed by atoms with E-state index in [1.54, 1.807) is 19.9 Å². The van der Waals surface area contributed by atoms with Crippen molar-refractivity contribution in [3.05, 3.63) is 41.0 Å². The average molecular weight is 230 g/mol. The van der Waals surface area contributed by atoms with E-state index < -0.39 is 5.91 Å². The monoisotopic (exact) mass is 230 g/mol. The molecule has 0 aliphatic carbocycles. The first-order valence-electron chi connectivity index (χ1n) is 4.98. The molecule has 0 aromatic carbocycles. The lowest BCUT2D eigenvalue weighted by atomic mass is 10.2. The van der Waals surface area contributed by atoms with Gasteiger partial charge < -0.3 is 8.83 Å². The molecule has 0 bridgehead atoms. The number of nitriles is 1. The Morgan fingerprint density at radius 1 is 1.47 bits per heavy atom. The van der Waals surface area contributed by atoms with Gasteiger partial charge >= 0.3 is 0 Å². The number of hydrogen-bond acceptors (Lipinski definition) is 4. The topological polar surface area (TPSA) is 79.2 Å². The maximum absolute atomic E-state index is 11.7. The molecule has 17 heavy (non-hydrogen) atoms. The summed E-state index contributed by atoms with van der Waals surface area (Å²) in [6.45, 7) is 3.50. The van der Waals surface area contributed by atoms with Gasteiger partial charge in [0, 0.05) is 5.56 Å². The zero-order chi connectivity index (χ0) is 12.4. The Hall–Kier alpha value is -2.48. The summed E-state index contributed by atoms with van der Waals surface area (Å²) in [5, 5.41) is 11.5. The van der Waals surface area contributed by atoms with Crippen LogP contribution in [0.3, 0.4) is 0 Å². The average Bonchev–Trinajstić information content (AvgIpc) is 2.89. The normalized spacial score (nSPS) is 9.94. The number of anilines is 1. The molecule has 5 heteroatoms. The predicted molar refractivity (Wildman–Crippen MR) is 59.6 cm³/mol. The van der Waals surface area contributed by atoms with E-state index in [1.807, 2.05) is 6.07 Å². The highest BCUT2D eigenvalue weighted by Gasteiger charge is 2.18. The lowest BCUT2D eigenvalue weighted by Crippen LogP contribution is -2.11. The molecule has 86 valence electrons. The molecule has 1 amide bonds. The number of nitrogens with one attached hydrogen (secondary N) is 1. The molecule has 0 atom stereocenters. The first kappa shape index (κ1) is 11.0. The Labute approximate surface area is 97.6 Å². The lowest BCUT2D eigenvalue weighted by Gasteiger charge is -1.98. The van der Waals surface area contributed by atoms with Crippen molar-refractivity contribution < 1.29 is 13.6 Å². The summed E-state index contributed by atoms with van der Waals surface area (Å²) in [5.41, 5.74) is 1.06. The van der Waals surface area contributed by atoms with Crippen molar-refractivity contribution in [2.24, 2.45) is 0 Å². The third kappa shape index (κ3) is 1.93. The van der Waals surface area contributed by atoms with Gasteiger partial charge in [0.2, 0.25) is 5.88 Å². The number of amides is 1. The van der Waals surface area contributed by atoms with E-state index in [1.165, 1.54) is 12.3 Å². The van der Waals surface area contributed by atoms with Gasteiger partial charge in [0.1, 0.15) is 17.4 Å². The smallest absolute Gasteiger partial charge is 0.293 e. The van der Waals surface area contributed by atoms with Crippen LogP contribution in [0, 0.1) is 25.2 Å². The highest BCUT2D eigenvalue weighted by Crippen LogP contribution is 2.25. The quantitative estimate of drug-likeness (QED) is 0.859. The fraction of sp³-hybridized carbons (Fsp3) is 0.167. The molecule has 0 saturated heterocycles. The molecule has 0 unspecified atom stereocenters. The summed E-state index contributed by atoms with van der Waals surface area (Å²) in [4.78, 5) is 11.7. The number of hydrogen-bond donors (Lipinski definition) is 1. The van der Waals surface area contributed by atoms with Crippen LogP contribution in [0.15, 0.2) is 27.2 Å². The van der Waals surface area contributed by atoms with Gasteiger partial charge in [-0.25, -0.2) is 0 Å². The fourth-order valence-electron chi connectivity index (χ4n) is 1.42. The van der Waals surface area contributed by atoms with Crippen LogP contribution in [0.5, 0.6) is 0 Å². The fourth-order valence-corrected chi connectivity index (χ4v) is 1.42. The molecule has 2 rings (SSSR count). The molecule has 2 heterocycles. The Morgan fingerprint density at radius 2 is 2.24 bits per heavy atom. The highest BCUT2D eigenvalue weighted by atomic mass is 16.4. The Bertz CT molecular complexity index is 588. The van der Waals surface area contributed by atoms with Gasteiger partial charge in [0.25, 0.3) is 5.91 Å². The van der Waals surface area contributed by atoms with Crippen molar-refractivity contribution in [2.45, 2.75) is 13.8 Å². The number of carbonyl (C=O) groups excluding carboxylic acids is 1. The summed E-state index contributed by atoms with van der Waals surface area (Å²) < 4.78 is 10.3. The van der Waals surface area contributed by atoms with Crippen molar-refractivity contribution in [1.29, 1.82) is 5.26 Å². The highest BCUT2D eigenvalue weighted by molar-refractivity contribution is 6.02. The summed E-state index contributed by atoms with van der Waals surface area (Å²) in [6.07, 6.45) is 1.40. The number of rotatable bonds is 2. The molecule has 0 fully saturated rings. The van der Waals surface area contributed by atoms with Gasteiger partial charge in [-0.2, -0.15) is 5.26 Å². The van der Waals surface area contributed by atoms with E-state index in [0.717, 1.165) is 5.56 Å². The van der Waals surface area contributed by atoms with Gasteiger partial charge in [-0.1, -0.05) is 0 Å². The molecule has 0 aliphatic rings. The molecule has 0 saturated carbocycles. The zero-order valence-electron chi connectivity index (χ0n) is 9.40. The third-order valence-corrected chi connectivity index (χ3v) is 2.47. The van der Waals surface area contributed by atoms with Crippen LogP contribution < -0.4 is 5.32 Å². The van der Waals surface area contributed by atoms with E-state index in [-0.39, 0.29) is 11.6 Å². The molecule has 0 radical (unpaired) electrons. The van der Waals surface area contributed by atoms with E-state index in [4.69, 9.17) is 14.1 Å². The molecule has 2 aromatic rings. The van der Waals surface area contributed by atoms with Crippen LogP contribution in [-0.4, -0.2) is 5.91 Å². The molecule has 0 aliphatic heterocycles. The standard InChI is InChI=1S/C12H10N2O3/c1-7-8(2)17-12(9(7)6-13)14-11(15)10-4-3-5-16-10/h3-5H,1-2H3,(H,14,15). The molecule has 5 nitrogen and oxygen atoms in total. The zero-order valence-corrected chi connectivity index (χ0v) is 9.40. The van der Waals surface area contributed by atoms with Gasteiger partial charge in [-0.15, -0.1) is 0 Å². The van der Waals surface area contributed by atoms with E-state index >= 15 is 0 Å². The van der Waals surface area contributed by atoms with E-state index in [2.05, 4.69) is 5.32 Å². The van der Waals surface area contributed by atoms with Gasteiger partial charge in [0.05, 0.1) is 6.26 Å². The Morgan fingerprint density at radius 3 is 2.82 bits per heavy atom.